The first kappa shape index (κ1) is 16.9. The van der Waals surface area contributed by atoms with Gasteiger partial charge in [-0.25, -0.2) is 4.98 Å². The van der Waals surface area contributed by atoms with Crippen molar-refractivity contribution in [3.63, 3.8) is 0 Å². The summed E-state index contributed by atoms with van der Waals surface area (Å²) in [5.74, 6) is 1.18. The summed E-state index contributed by atoms with van der Waals surface area (Å²) in [4.78, 5) is 22.7. The lowest BCUT2D eigenvalue weighted by atomic mass is 9.98. The Morgan fingerprint density at radius 2 is 2.12 bits per heavy atom. The van der Waals surface area contributed by atoms with Crippen molar-refractivity contribution in [1.82, 2.24) is 20.2 Å². The molecule has 3 rings (SSSR count). The van der Waals surface area contributed by atoms with E-state index in [0.717, 1.165) is 36.4 Å². The number of rotatable bonds is 6. The fraction of sp³-hybridized carbons (Fsp3) is 0.556. The molecule has 0 aliphatic carbocycles. The Labute approximate surface area is 142 Å². The van der Waals surface area contributed by atoms with E-state index in [1.165, 1.54) is 0 Å². The third-order valence-corrected chi connectivity index (χ3v) is 4.70. The van der Waals surface area contributed by atoms with Gasteiger partial charge < -0.3 is 15.0 Å². The van der Waals surface area contributed by atoms with Gasteiger partial charge in [0.05, 0.1) is 36.8 Å². The molecule has 0 radical (unpaired) electrons. The third-order valence-electron chi connectivity index (χ3n) is 4.70. The number of hydrogen-bond donors (Lipinski definition) is 2. The largest absolute Gasteiger partial charge is 0.379 e. The van der Waals surface area contributed by atoms with Crippen molar-refractivity contribution >= 4 is 16.9 Å². The second-order valence-corrected chi connectivity index (χ2v) is 6.46. The molecule has 2 aromatic rings. The molecule has 1 aromatic heterocycles. The van der Waals surface area contributed by atoms with E-state index < -0.39 is 0 Å². The lowest BCUT2D eigenvalue weighted by molar-refractivity contribution is -0.124. The lowest BCUT2D eigenvalue weighted by Gasteiger charge is -2.28. The number of aromatic amines is 1. The quantitative estimate of drug-likeness (QED) is 0.851. The van der Waals surface area contributed by atoms with Crippen LogP contribution in [0.25, 0.3) is 11.0 Å². The number of amides is 1. The first-order chi connectivity index (χ1) is 11.7. The summed E-state index contributed by atoms with van der Waals surface area (Å²) >= 11 is 0. The van der Waals surface area contributed by atoms with Crippen LogP contribution in [-0.4, -0.2) is 53.6 Å². The molecule has 1 amide bonds. The zero-order valence-electron chi connectivity index (χ0n) is 14.4. The van der Waals surface area contributed by atoms with Crippen molar-refractivity contribution in [3.05, 3.63) is 30.1 Å². The Hall–Kier alpha value is -1.92. The topological polar surface area (TPSA) is 70.2 Å². The van der Waals surface area contributed by atoms with Crippen molar-refractivity contribution in [2.24, 2.45) is 5.92 Å². The highest BCUT2D eigenvalue weighted by Crippen LogP contribution is 2.24. The Balaban J connectivity index is 1.72. The summed E-state index contributed by atoms with van der Waals surface area (Å²) in [6.07, 6.45) is 0.972. The number of hydrogen-bond acceptors (Lipinski definition) is 4. The summed E-state index contributed by atoms with van der Waals surface area (Å²) in [6, 6.07) is 7.85. The van der Waals surface area contributed by atoms with Crippen LogP contribution in [0.1, 0.15) is 32.1 Å². The number of benzene rings is 1. The number of carbonyl (C=O) groups excluding carboxylic acids is 1. The van der Waals surface area contributed by atoms with Gasteiger partial charge in [-0.05, 0) is 18.1 Å². The smallest absolute Gasteiger partial charge is 0.234 e. The number of nitrogens with zero attached hydrogens (tertiary/aromatic N) is 2. The van der Waals surface area contributed by atoms with Gasteiger partial charge in [0.25, 0.3) is 0 Å². The molecule has 0 saturated carbocycles. The number of carbonyl (C=O) groups is 1. The molecular weight excluding hydrogens is 304 g/mol. The average Bonchev–Trinajstić information content (AvgIpc) is 3.03. The normalized spacial score (nSPS) is 18.4. The molecule has 1 aliphatic heterocycles. The van der Waals surface area contributed by atoms with Gasteiger partial charge in [-0.3, -0.25) is 9.69 Å². The number of aromatic nitrogens is 2. The number of morpholine rings is 1. The fourth-order valence-corrected chi connectivity index (χ4v) is 3.02. The molecule has 0 spiro atoms. The Kier molecular flexibility index (Phi) is 5.48. The van der Waals surface area contributed by atoms with Gasteiger partial charge in [-0.15, -0.1) is 0 Å². The van der Waals surface area contributed by atoms with E-state index in [1.54, 1.807) is 0 Å². The number of H-pyrrole nitrogens is 1. The van der Waals surface area contributed by atoms with Crippen LogP contribution in [0.2, 0.25) is 0 Å². The maximum Gasteiger partial charge on any atom is 0.234 e. The van der Waals surface area contributed by atoms with Gasteiger partial charge in [-0.1, -0.05) is 32.4 Å². The molecule has 24 heavy (non-hydrogen) atoms. The highest BCUT2D eigenvalue weighted by molar-refractivity contribution is 5.79. The van der Waals surface area contributed by atoms with Gasteiger partial charge in [0.2, 0.25) is 5.91 Å². The molecule has 2 N–H and O–H groups in total. The SMILES string of the molecule is CC[C@H](C)[C@@H](NC(=O)CN1CCOCC1)c1nc2ccccc2[nH]1. The molecule has 1 aliphatic rings. The predicted octanol–water partition coefficient (Wildman–Crippen LogP) is 2.10. The van der Waals surface area contributed by atoms with E-state index >= 15 is 0 Å². The highest BCUT2D eigenvalue weighted by atomic mass is 16.5. The fourth-order valence-electron chi connectivity index (χ4n) is 3.02. The van der Waals surface area contributed by atoms with Gasteiger partial charge in [0.1, 0.15) is 5.82 Å². The third kappa shape index (κ3) is 3.94. The van der Waals surface area contributed by atoms with Gasteiger partial charge in [0.15, 0.2) is 0 Å². The Morgan fingerprint density at radius 3 is 2.83 bits per heavy atom. The molecule has 1 fully saturated rings. The van der Waals surface area contributed by atoms with E-state index in [9.17, 15) is 4.79 Å². The van der Waals surface area contributed by atoms with Crippen molar-refractivity contribution in [2.45, 2.75) is 26.3 Å². The first-order valence-electron chi connectivity index (χ1n) is 8.71. The Morgan fingerprint density at radius 1 is 1.38 bits per heavy atom. The average molecular weight is 330 g/mol. The number of fused-ring (bicyclic) bond motifs is 1. The minimum atomic E-state index is -0.101. The molecule has 2 heterocycles. The lowest BCUT2D eigenvalue weighted by Crippen LogP contribution is -2.44. The van der Waals surface area contributed by atoms with Crippen LogP contribution in [0.3, 0.4) is 0 Å². The van der Waals surface area contributed by atoms with E-state index in [-0.39, 0.29) is 11.9 Å². The summed E-state index contributed by atoms with van der Waals surface area (Å²) in [6.45, 7) is 7.72. The van der Waals surface area contributed by atoms with Crippen LogP contribution in [0, 0.1) is 5.92 Å². The standard InChI is InChI=1S/C18H26N4O2/c1-3-13(2)17(18-19-14-6-4-5-7-15(14)20-18)21-16(23)12-22-8-10-24-11-9-22/h4-7,13,17H,3,8-12H2,1-2H3,(H,19,20)(H,21,23)/t13-,17+/m0/s1. The van der Waals surface area contributed by atoms with E-state index in [4.69, 9.17) is 4.74 Å². The molecule has 130 valence electrons. The summed E-state index contributed by atoms with van der Waals surface area (Å²) in [7, 11) is 0. The minimum absolute atomic E-state index is 0.0441. The zero-order chi connectivity index (χ0) is 16.9. The molecule has 1 aromatic carbocycles. The molecule has 2 atom stereocenters. The van der Waals surface area contributed by atoms with Crippen LogP contribution in [0.4, 0.5) is 0 Å². The van der Waals surface area contributed by atoms with Crippen LogP contribution < -0.4 is 5.32 Å². The van der Waals surface area contributed by atoms with Crippen molar-refractivity contribution in [1.29, 1.82) is 0 Å². The molecule has 6 heteroatoms. The molecule has 6 nitrogen and oxygen atoms in total. The number of ether oxygens (including phenoxy) is 1. The highest BCUT2D eigenvalue weighted by Gasteiger charge is 2.24. The summed E-state index contributed by atoms with van der Waals surface area (Å²) in [5, 5.41) is 3.18. The van der Waals surface area contributed by atoms with Crippen molar-refractivity contribution < 1.29 is 9.53 Å². The van der Waals surface area contributed by atoms with Gasteiger partial charge in [0, 0.05) is 13.1 Å². The van der Waals surface area contributed by atoms with Crippen LogP contribution in [0.15, 0.2) is 24.3 Å². The predicted molar refractivity (Wildman–Crippen MR) is 93.7 cm³/mol. The van der Waals surface area contributed by atoms with E-state index in [2.05, 4.69) is 34.0 Å². The summed E-state index contributed by atoms with van der Waals surface area (Å²) < 4.78 is 5.33. The molecule has 1 saturated heterocycles. The van der Waals surface area contributed by atoms with E-state index in [1.807, 2.05) is 24.3 Å². The van der Waals surface area contributed by atoms with E-state index in [0.29, 0.717) is 25.7 Å². The molecular formula is C18H26N4O2. The van der Waals surface area contributed by atoms with Crippen LogP contribution in [0.5, 0.6) is 0 Å². The molecule has 0 bridgehead atoms. The monoisotopic (exact) mass is 330 g/mol. The second kappa shape index (κ2) is 7.77. The van der Waals surface area contributed by atoms with Crippen molar-refractivity contribution in [3.8, 4) is 0 Å². The van der Waals surface area contributed by atoms with Crippen molar-refractivity contribution in [2.75, 3.05) is 32.8 Å². The maximum atomic E-state index is 12.5. The maximum absolute atomic E-state index is 12.5. The number of nitrogens with one attached hydrogen (secondary N) is 2. The first-order valence-corrected chi connectivity index (χ1v) is 8.71. The minimum Gasteiger partial charge on any atom is -0.379 e. The summed E-state index contributed by atoms with van der Waals surface area (Å²) in [5.41, 5.74) is 1.94. The Bertz CT molecular complexity index is 645. The zero-order valence-corrected chi connectivity index (χ0v) is 14.4. The molecule has 0 unspecified atom stereocenters. The van der Waals surface area contributed by atoms with Crippen LogP contribution >= 0.6 is 0 Å². The van der Waals surface area contributed by atoms with Crippen LogP contribution in [-0.2, 0) is 9.53 Å². The number of para-hydroxylation sites is 2. The second-order valence-electron chi connectivity index (χ2n) is 6.46. The van der Waals surface area contributed by atoms with Gasteiger partial charge >= 0.3 is 0 Å². The van der Waals surface area contributed by atoms with Gasteiger partial charge in [-0.2, -0.15) is 0 Å². The number of imidazole rings is 1.